The minimum Gasteiger partial charge on any atom is -0.378 e. The van der Waals surface area contributed by atoms with Gasteiger partial charge in [0.15, 0.2) is 6.29 Å². The van der Waals surface area contributed by atoms with Crippen molar-refractivity contribution in [3.63, 3.8) is 0 Å². The van der Waals surface area contributed by atoms with E-state index in [4.69, 9.17) is 0 Å². The van der Waals surface area contributed by atoms with E-state index in [1.54, 1.807) is 16.8 Å². The van der Waals surface area contributed by atoms with Crippen LogP contribution in [0.25, 0.3) is 0 Å². The van der Waals surface area contributed by atoms with Gasteiger partial charge in [0.05, 0.1) is 5.69 Å². The summed E-state index contributed by atoms with van der Waals surface area (Å²) in [4.78, 5) is 26.5. The Kier molecular flexibility index (Phi) is 4.94. The number of hydrogen-bond donors (Lipinski definition) is 3. The minimum atomic E-state index is -0.497. The molecule has 1 saturated heterocycles. The topological polar surface area (TPSA) is 91.3 Å². The Bertz CT molecular complexity index is 829. The van der Waals surface area contributed by atoms with Gasteiger partial charge in [-0.15, -0.1) is 0 Å². The molecule has 8 nitrogen and oxygen atoms in total. The molecule has 1 aromatic carbocycles. The summed E-state index contributed by atoms with van der Waals surface area (Å²) in [6, 6.07) is 9.18. The van der Waals surface area contributed by atoms with Crippen molar-refractivity contribution < 1.29 is 9.59 Å². The molecular formula is C18H24N6O2. The van der Waals surface area contributed by atoms with Crippen LogP contribution in [-0.4, -0.2) is 41.7 Å². The van der Waals surface area contributed by atoms with Crippen LogP contribution in [-0.2, 0) is 4.79 Å². The Morgan fingerprint density at radius 3 is 2.81 bits per heavy atom. The van der Waals surface area contributed by atoms with Crippen LogP contribution in [0.5, 0.6) is 0 Å². The lowest BCUT2D eigenvalue weighted by atomic mass is 10.2. The van der Waals surface area contributed by atoms with Crippen LogP contribution in [0, 0.1) is 6.92 Å². The van der Waals surface area contributed by atoms with Gasteiger partial charge in [-0.1, -0.05) is 6.07 Å². The van der Waals surface area contributed by atoms with Gasteiger partial charge >= 0.3 is 0 Å². The van der Waals surface area contributed by atoms with E-state index >= 15 is 0 Å². The molecule has 2 atom stereocenters. The molecular weight excluding hydrogens is 332 g/mol. The third-order valence-electron chi connectivity index (χ3n) is 4.20. The first-order valence-electron chi connectivity index (χ1n) is 8.54. The summed E-state index contributed by atoms with van der Waals surface area (Å²) in [5, 5.41) is 13.4. The molecule has 2 heterocycles. The van der Waals surface area contributed by atoms with Gasteiger partial charge in [0.2, 0.25) is 5.91 Å². The monoisotopic (exact) mass is 356 g/mol. The fourth-order valence-corrected chi connectivity index (χ4v) is 2.91. The third kappa shape index (κ3) is 3.85. The number of carbonyl (C=O) groups excluding carboxylic acids is 2. The van der Waals surface area contributed by atoms with Crippen molar-refractivity contribution in [2.75, 3.05) is 24.3 Å². The molecule has 1 aliphatic heterocycles. The highest BCUT2D eigenvalue weighted by Gasteiger charge is 2.26. The fraction of sp³-hybridized carbons (Fsp3) is 0.389. The van der Waals surface area contributed by atoms with Crippen LogP contribution in [0.1, 0.15) is 35.7 Å². The van der Waals surface area contributed by atoms with Gasteiger partial charge in [0.1, 0.15) is 5.82 Å². The van der Waals surface area contributed by atoms with Crippen molar-refractivity contribution in [2.24, 2.45) is 0 Å². The summed E-state index contributed by atoms with van der Waals surface area (Å²) >= 11 is 0. The van der Waals surface area contributed by atoms with Crippen molar-refractivity contribution in [1.29, 1.82) is 0 Å². The van der Waals surface area contributed by atoms with E-state index in [2.05, 4.69) is 21.0 Å². The minimum absolute atomic E-state index is 0.0265. The molecule has 0 radical (unpaired) electrons. The predicted octanol–water partition coefficient (Wildman–Crippen LogP) is 1.46. The van der Waals surface area contributed by atoms with Crippen LogP contribution >= 0.6 is 0 Å². The summed E-state index contributed by atoms with van der Waals surface area (Å²) in [6.45, 7) is 3.78. The SMILES string of the molecule is Cc1cc(NC(=O)c2cccc(N(C)C)c2)n(C2NC(=O)CC(C)N2)n1. The summed E-state index contributed by atoms with van der Waals surface area (Å²) < 4.78 is 1.59. The van der Waals surface area contributed by atoms with Crippen LogP contribution in [0.2, 0.25) is 0 Å². The maximum atomic E-state index is 12.7. The number of amides is 2. The molecule has 1 aliphatic rings. The molecule has 8 heteroatoms. The maximum Gasteiger partial charge on any atom is 0.256 e. The number of carbonyl (C=O) groups is 2. The fourth-order valence-electron chi connectivity index (χ4n) is 2.91. The van der Waals surface area contributed by atoms with Crippen molar-refractivity contribution >= 4 is 23.3 Å². The third-order valence-corrected chi connectivity index (χ3v) is 4.20. The van der Waals surface area contributed by atoms with E-state index in [-0.39, 0.29) is 17.9 Å². The quantitative estimate of drug-likeness (QED) is 0.772. The Balaban J connectivity index is 1.83. The number of benzene rings is 1. The average Bonchev–Trinajstić information content (AvgIpc) is 2.94. The molecule has 0 aliphatic carbocycles. The number of nitrogens with one attached hydrogen (secondary N) is 3. The van der Waals surface area contributed by atoms with Crippen molar-refractivity contribution in [1.82, 2.24) is 20.4 Å². The van der Waals surface area contributed by atoms with Crippen molar-refractivity contribution in [3.8, 4) is 0 Å². The predicted molar refractivity (Wildman–Crippen MR) is 100 cm³/mol. The summed E-state index contributed by atoms with van der Waals surface area (Å²) in [7, 11) is 3.85. The standard InChI is InChI=1S/C18H24N6O2/c1-11-9-16(25)21-18(19-11)24-15(8-12(2)22-24)20-17(26)13-6-5-7-14(10-13)23(3)4/h5-8,10-11,18-19H,9H2,1-4H3,(H,20,26)(H,21,25). The van der Waals surface area contributed by atoms with Gasteiger partial charge in [-0.3, -0.25) is 14.9 Å². The molecule has 2 aromatic rings. The largest absolute Gasteiger partial charge is 0.378 e. The van der Waals surface area contributed by atoms with Crippen LogP contribution in [0.3, 0.4) is 0 Å². The van der Waals surface area contributed by atoms with Crippen LogP contribution in [0.15, 0.2) is 30.3 Å². The van der Waals surface area contributed by atoms with E-state index in [0.717, 1.165) is 11.4 Å². The van der Waals surface area contributed by atoms with Gasteiger partial charge in [-0.25, -0.2) is 4.68 Å². The van der Waals surface area contributed by atoms with E-state index in [0.29, 0.717) is 17.8 Å². The number of hydrogen-bond acceptors (Lipinski definition) is 5. The molecule has 1 fully saturated rings. The Labute approximate surface area is 152 Å². The Morgan fingerprint density at radius 1 is 1.35 bits per heavy atom. The van der Waals surface area contributed by atoms with Gasteiger partial charge < -0.3 is 15.5 Å². The number of anilines is 2. The number of aromatic nitrogens is 2. The molecule has 1 aromatic heterocycles. The summed E-state index contributed by atoms with van der Waals surface area (Å²) in [6.07, 6.45) is -0.0844. The summed E-state index contributed by atoms with van der Waals surface area (Å²) in [5.74, 6) is 0.241. The summed E-state index contributed by atoms with van der Waals surface area (Å²) in [5.41, 5.74) is 2.24. The highest BCUT2D eigenvalue weighted by Crippen LogP contribution is 2.19. The van der Waals surface area contributed by atoms with E-state index < -0.39 is 6.29 Å². The molecule has 3 rings (SSSR count). The lowest BCUT2D eigenvalue weighted by Gasteiger charge is -2.30. The molecule has 2 unspecified atom stereocenters. The second kappa shape index (κ2) is 7.17. The first-order valence-corrected chi connectivity index (χ1v) is 8.54. The zero-order valence-corrected chi connectivity index (χ0v) is 15.4. The van der Waals surface area contributed by atoms with Crippen molar-refractivity contribution in [3.05, 3.63) is 41.6 Å². The molecule has 26 heavy (non-hydrogen) atoms. The van der Waals surface area contributed by atoms with E-state index in [9.17, 15) is 9.59 Å². The molecule has 2 amide bonds. The normalized spacial score (nSPS) is 19.8. The maximum absolute atomic E-state index is 12.7. The highest BCUT2D eigenvalue weighted by molar-refractivity contribution is 6.04. The highest BCUT2D eigenvalue weighted by atomic mass is 16.2. The number of aryl methyl sites for hydroxylation is 1. The Morgan fingerprint density at radius 2 is 2.12 bits per heavy atom. The Hall–Kier alpha value is -2.87. The molecule has 0 bridgehead atoms. The van der Waals surface area contributed by atoms with E-state index in [1.807, 2.05) is 51.0 Å². The molecule has 0 spiro atoms. The van der Waals surface area contributed by atoms with Crippen LogP contribution < -0.4 is 20.9 Å². The lowest BCUT2D eigenvalue weighted by molar-refractivity contribution is -0.125. The molecule has 138 valence electrons. The number of nitrogens with zero attached hydrogens (tertiary/aromatic N) is 3. The zero-order chi connectivity index (χ0) is 18.8. The lowest BCUT2D eigenvalue weighted by Crippen LogP contribution is -2.52. The molecule has 3 N–H and O–H groups in total. The van der Waals surface area contributed by atoms with Gasteiger partial charge in [-0.05, 0) is 32.0 Å². The van der Waals surface area contributed by atoms with Gasteiger partial charge in [0.25, 0.3) is 5.91 Å². The first-order chi connectivity index (χ1) is 12.3. The first kappa shape index (κ1) is 17.9. The number of rotatable bonds is 4. The second-order valence-corrected chi connectivity index (χ2v) is 6.76. The smallest absolute Gasteiger partial charge is 0.256 e. The molecule has 0 saturated carbocycles. The van der Waals surface area contributed by atoms with E-state index in [1.165, 1.54) is 0 Å². The second-order valence-electron chi connectivity index (χ2n) is 6.76. The zero-order valence-electron chi connectivity index (χ0n) is 15.4. The van der Waals surface area contributed by atoms with Gasteiger partial charge in [0, 0.05) is 43.9 Å². The van der Waals surface area contributed by atoms with Crippen molar-refractivity contribution in [2.45, 2.75) is 32.6 Å². The average molecular weight is 356 g/mol. The van der Waals surface area contributed by atoms with Gasteiger partial charge in [-0.2, -0.15) is 5.10 Å². The van der Waals surface area contributed by atoms with Crippen LogP contribution in [0.4, 0.5) is 11.5 Å².